The van der Waals surface area contributed by atoms with Crippen LogP contribution in [0.3, 0.4) is 0 Å². The Hall–Kier alpha value is -1.67. The van der Waals surface area contributed by atoms with Gasteiger partial charge in [-0.15, -0.1) is 0 Å². The Kier molecular flexibility index (Phi) is 4.69. The molecule has 0 aromatic heterocycles. The smallest absolute Gasteiger partial charge is 0.0408 e. The van der Waals surface area contributed by atoms with Crippen LogP contribution in [0.5, 0.6) is 0 Å². The van der Waals surface area contributed by atoms with Gasteiger partial charge in [0.05, 0.1) is 0 Å². The number of benzene rings is 2. The molecule has 0 spiro atoms. The van der Waals surface area contributed by atoms with Crippen molar-refractivity contribution >= 4 is 23.0 Å². The first-order chi connectivity index (χ1) is 9.15. The maximum atomic E-state index is 5.96. The van der Waals surface area contributed by atoms with Crippen LogP contribution in [-0.4, -0.2) is 20.6 Å². The van der Waals surface area contributed by atoms with Gasteiger partial charge in [-0.3, -0.25) is 0 Å². The van der Waals surface area contributed by atoms with Crippen molar-refractivity contribution in [2.45, 2.75) is 6.42 Å². The van der Waals surface area contributed by atoms with Crippen LogP contribution in [0.15, 0.2) is 48.5 Å². The number of rotatable bonds is 5. The zero-order valence-electron chi connectivity index (χ0n) is 11.4. The topological polar surface area (TPSA) is 15.3 Å². The molecule has 0 saturated heterocycles. The minimum absolute atomic E-state index is 0.799. The second-order valence-corrected chi connectivity index (χ2v) is 5.18. The zero-order chi connectivity index (χ0) is 13.7. The fourth-order valence-corrected chi connectivity index (χ4v) is 2.13. The fraction of sp³-hybridized carbons (Fsp3) is 0.250. The lowest BCUT2D eigenvalue weighted by molar-refractivity contribution is 1.02. The Labute approximate surface area is 120 Å². The summed E-state index contributed by atoms with van der Waals surface area (Å²) in [5, 5.41) is 4.22. The van der Waals surface area contributed by atoms with Crippen LogP contribution in [0.2, 0.25) is 5.02 Å². The molecule has 0 radical (unpaired) electrons. The van der Waals surface area contributed by atoms with Gasteiger partial charge in [0.15, 0.2) is 0 Å². The third-order valence-corrected chi connectivity index (χ3v) is 3.25. The average Bonchev–Trinajstić information content (AvgIpc) is 2.39. The van der Waals surface area contributed by atoms with Crippen LogP contribution in [0, 0.1) is 0 Å². The molecule has 2 aromatic carbocycles. The van der Waals surface area contributed by atoms with Crippen molar-refractivity contribution in [3.63, 3.8) is 0 Å². The second kappa shape index (κ2) is 6.48. The van der Waals surface area contributed by atoms with Crippen LogP contribution in [0.25, 0.3) is 0 Å². The third-order valence-electron chi connectivity index (χ3n) is 3.02. The van der Waals surface area contributed by atoms with E-state index in [2.05, 4.69) is 40.5 Å². The first kappa shape index (κ1) is 13.8. The van der Waals surface area contributed by atoms with Gasteiger partial charge in [0, 0.05) is 37.0 Å². The summed E-state index contributed by atoms with van der Waals surface area (Å²) in [6.07, 6.45) is 0.968. The molecule has 2 nitrogen and oxygen atoms in total. The Morgan fingerprint density at radius 1 is 1.05 bits per heavy atom. The number of hydrogen-bond donors (Lipinski definition) is 1. The van der Waals surface area contributed by atoms with Crippen molar-refractivity contribution < 1.29 is 0 Å². The van der Waals surface area contributed by atoms with Crippen molar-refractivity contribution in [2.75, 3.05) is 30.9 Å². The predicted octanol–water partition coefficient (Wildman–Crippen LogP) is 4.06. The highest BCUT2D eigenvalue weighted by atomic mass is 35.5. The third kappa shape index (κ3) is 4.18. The van der Waals surface area contributed by atoms with E-state index in [9.17, 15) is 0 Å². The molecule has 0 heterocycles. The maximum Gasteiger partial charge on any atom is 0.0408 e. The van der Waals surface area contributed by atoms with E-state index in [1.807, 2.05) is 32.3 Å². The Bertz CT molecular complexity index is 521. The van der Waals surface area contributed by atoms with E-state index in [1.54, 1.807) is 0 Å². The van der Waals surface area contributed by atoms with E-state index in [0.717, 1.165) is 23.7 Å². The molecule has 19 heavy (non-hydrogen) atoms. The van der Waals surface area contributed by atoms with E-state index >= 15 is 0 Å². The number of halogens is 1. The SMILES string of the molecule is CN(C)c1ccc(NCCc2cccc(Cl)c2)cc1. The summed E-state index contributed by atoms with van der Waals surface area (Å²) in [7, 11) is 4.09. The largest absolute Gasteiger partial charge is 0.385 e. The Balaban J connectivity index is 1.85. The molecule has 0 amide bonds. The van der Waals surface area contributed by atoms with Crippen LogP contribution < -0.4 is 10.2 Å². The van der Waals surface area contributed by atoms with Crippen LogP contribution >= 0.6 is 11.6 Å². The molecular formula is C16H19ClN2. The summed E-state index contributed by atoms with van der Waals surface area (Å²) >= 11 is 5.96. The van der Waals surface area contributed by atoms with E-state index in [0.29, 0.717) is 0 Å². The lowest BCUT2D eigenvalue weighted by Gasteiger charge is -2.13. The average molecular weight is 275 g/mol. The van der Waals surface area contributed by atoms with Crippen molar-refractivity contribution in [1.82, 2.24) is 0 Å². The molecule has 2 rings (SSSR count). The van der Waals surface area contributed by atoms with Gasteiger partial charge in [-0.2, -0.15) is 0 Å². The minimum atomic E-state index is 0.799. The van der Waals surface area contributed by atoms with Gasteiger partial charge < -0.3 is 10.2 Å². The molecule has 0 bridgehead atoms. The summed E-state index contributed by atoms with van der Waals surface area (Å²) in [6, 6.07) is 16.4. The lowest BCUT2D eigenvalue weighted by Crippen LogP contribution is -2.09. The van der Waals surface area contributed by atoms with E-state index in [4.69, 9.17) is 11.6 Å². The maximum absolute atomic E-state index is 5.96. The highest BCUT2D eigenvalue weighted by Crippen LogP contribution is 2.16. The van der Waals surface area contributed by atoms with Crippen LogP contribution in [0.1, 0.15) is 5.56 Å². The number of nitrogens with zero attached hydrogens (tertiary/aromatic N) is 1. The van der Waals surface area contributed by atoms with Gasteiger partial charge in [0.25, 0.3) is 0 Å². The molecular weight excluding hydrogens is 256 g/mol. The van der Waals surface area contributed by atoms with E-state index < -0.39 is 0 Å². The summed E-state index contributed by atoms with van der Waals surface area (Å²) in [5.74, 6) is 0. The Morgan fingerprint density at radius 2 is 1.79 bits per heavy atom. The molecule has 1 N–H and O–H groups in total. The molecule has 3 heteroatoms. The highest BCUT2D eigenvalue weighted by molar-refractivity contribution is 6.30. The van der Waals surface area contributed by atoms with E-state index in [-0.39, 0.29) is 0 Å². The van der Waals surface area contributed by atoms with Gasteiger partial charge in [-0.1, -0.05) is 23.7 Å². The van der Waals surface area contributed by atoms with Gasteiger partial charge in [0.1, 0.15) is 0 Å². The normalized spacial score (nSPS) is 10.3. The summed E-state index contributed by atoms with van der Waals surface area (Å²) in [4.78, 5) is 2.09. The minimum Gasteiger partial charge on any atom is -0.385 e. The second-order valence-electron chi connectivity index (χ2n) is 4.75. The summed E-state index contributed by atoms with van der Waals surface area (Å²) < 4.78 is 0. The van der Waals surface area contributed by atoms with Gasteiger partial charge in [-0.05, 0) is 48.4 Å². The molecule has 0 saturated carbocycles. The standard InChI is InChI=1S/C16H19ClN2/c1-19(2)16-8-6-15(7-9-16)18-11-10-13-4-3-5-14(17)12-13/h3-9,12,18H,10-11H2,1-2H3. The Morgan fingerprint density at radius 3 is 2.42 bits per heavy atom. The van der Waals surface area contributed by atoms with Gasteiger partial charge in [-0.25, -0.2) is 0 Å². The van der Waals surface area contributed by atoms with E-state index in [1.165, 1.54) is 11.3 Å². The number of hydrogen-bond acceptors (Lipinski definition) is 2. The quantitative estimate of drug-likeness (QED) is 0.884. The monoisotopic (exact) mass is 274 g/mol. The molecule has 0 aliphatic carbocycles. The first-order valence-corrected chi connectivity index (χ1v) is 6.78. The molecule has 100 valence electrons. The summed E-state index contributed by atoms with van der Waals surface area (Å²) in [6.45, 7) is 0.904. The van der Waals surface area contributed by atoms with Gasteiger partial charge >= 0.3 is 0 Å². The molecule has 0 unspecified atom stereocenters. The van der Waals surface area contributed by atoms with Crippen LogP contribution in [0.4, 0.5) is 11.4 Å². The van der Waals surface area contributed by atoms with Crippen LogP contribution in [-0.2, 0) is 6.42 Å². The van der Waals surface area contributed by atoms with Crippen molar-refractivity contribution in [3.05, 3.63) is 59.1 Å². The predicted molar refractivity (Wildman–Crippen MR) is 84.4 cm³/mol. The van der Waals surface area contributed by atoms with Crippen molar-refractivity contribution in [2.24, 2.45) is 0 Å². The number of anilines is 2. The molecule has 0 fully saturated rings. The van der Waals surface area contributed by atoms with Crippen molar-refractivity contribution in [1.29, 1.82) is 0 Å². The summed E-state index contributed by atoms with van der Waals surface area (Å²) in [5.41, 5.74) is 3.61. The number of nitrogens with one attached hydrogen (secondary N) is 1. The van der Waals surface area contributed by atoms with Gasteiger partial charge in [0.2, 0.25) is 0 Å². The molecule has 2 aromatic rings. The highest BCUT2D eigenvalue weighted by Gasteiger charge is 1.97. The molecule has 0 aliphatic rings. The zero-order valence-corrected chi connectivity index (χ0v) is 12.1. The fourth-order valence-electron chi connectivity index (χ4n) is 1.92. The first-order valence-electron chi connectivity index (χ1n) is 6.41. The lowest BCUT2D eigenvalue weighted by atomic mass is 10.1. The molecule has 0 aliphatic heterocycles. The van der Waals surface area contributed by atoms with Crippen molar-refractivity contribution in [3.8, 4) is 0 Å². The molecule has 0 atom stereocenters.